The van der Waals surface area contributed by atoms with Gasteiger partial charge in [-0.05, 0) is 40.2 Å². The van der Waals surface area contributed by atoms with Gasteiger partial charge in [0.1, 0.15) is 16.9 Å². The van der Waals surface area contributed by atoms with E-state index in [4.69, 9.17) is 15.5 Å². The molecule has 0 saturated carbocycles. The van der Waals surface area contributed by atoms with Crippen molar-refractivity contribution in [2.24, 2.45) is 0 Å². The third-order valence-corrected chi connectivity index (χ3v) is 5.08. The number of imidazole rings is 1. The first-order valence-corrected chi connectivity index (χ1v) is 10.9. The summed E-state index contributed by atoms with van der Waals surface area (Å²) in [4.78, 5) is 35.0. The van der Waals surface area contributed by atoms with Gasteiger partial charge in [-0.15, -0.1) is 0 Å². The Hall–Kier alpha value is -3.36. The number of anilines is 1. The summed E-state index contributed by atoms with van der Waals surface area (Å²) in [5.74, 6) is 1.07. The zero-order valence-electron chi connectivity index (χ0n) is 19.4. The number of ether oxygens (including phenoxy) is 1. The van der Waals surface area contributed by atoms with Crippen molar-refractivity contribution < 1.29 is 14.3 Å². The summed E-state index contributed by atoms with van der Waals surface area (Å²) in [6.45, 7) is 10.9. The van der Waals surface area contributed by atoms with Crippen molar-refractivity contribution in [3.05, 3.63) is 30.1 Å². The van der Waals surface area contributed by atoms with Gasteiger partial charge in [-0.25, -0.2) is 14.8 Å². The van der Waals surface area contributed by atoms with E-state index < -0.39 is 11.7 Å². The minimum atomic E-state index is -0.544. The zero-order chi connectivity index (χ0) is 23.5. The Morgan fingerprint density at radius 2 is 1.94 bits per heavy atom. The van der Waals surface area contributed by atoms with E-state index in [1.165, 1.54) is 0 Å². The molecular formula is C23H32N6O3. The highest BCUT2D eigenvalue weighted by Gasteiger charge is 2.20. The number of para-hydroxylation sites is 1. The first kappa shape index (κ1) is 23.3. The number of hydrogen-bond donors (Lipinski definition) is 2. The number of amides is 2. The second-order valence-electron chi connectivity index (χ2n) is 8.71. The van der Waals surface area contributed by atoms with Crippen molar-refractivity contribution in [2.45, 2.75) is 59.7 Å². The molecule has 9 heteroatoms. The molecule has 2 aromatic heterocycles. The van der Waals surface area contributed by atoms with E-state index in [1.54, 1.807) is 11.8 Å². The van der Waals surface area contributed by atoms with Crippen LogP contribution in [0.4, 0.5) is 10.6 Å². The maximum absolute atomic E-state index is 12.0. The molecule has 0 saturated heterocycles. The Morgan fingerprint density at radius 3 is 2.59 bits per heavy atom. The Labute approximate surface area is 187 Å². The molecule has 2 amide bonds. The van der Waals surface area contributed by atoms with Crippen LogP contribution in [-0.2, 0) is 22.6 Å². The van der Waals surface area contributed by atoms with Crippen LogP contribution in [0, 0.1) is 0 Å². The van der Waals surface area contributed by atoms with E-state index in [-0.39, 0.29) is 5.91 Å². The van der Waals surface area contributed by atoms with Gasteiger partial charge in [0.05, 0.1) is 17.6 Å². The Kier molecular flexibility index (Phi) is 6.86. The number of hydrogen-bond acceptors (Lipinski definition) is 6. The lowest BCUT2D eigenvalue weighted by Crippen LogP contribution is -2.33. The second kappa shape index (κ2) is 9.42. The monoisotopic (exact) mass is 440 g/mol. The molecule has 3 N–H and O–H groups in total. The molecule has 0 radical (unpaired) electrons. The SMILES string of the molecule is CCN(Cc1nc2c(N)nc3ccccc3c2n1CCCNC(=O)OC(C)(C)C)C(C)=O. The van der Waals surface area contributed by atoms with Crippen LogP contribution in [0.15, 0.2) is 24.3 Å². The summed E-state index contributed by atoms with van der Waals surface area (Å²) in [6.07, 6.45) is 0.210. The molecule has 0 unspecified atom stereocenters. The number of nitrogens with one attached hydrogen (secondary N) is 1. The van der Waals surface area contributed by atoms with Crippen molar-refractivity contribution in [1.82, 2.24) is 24.8 Å². The van der Waals surface area contributed by atoms with Crippen LogP contribution < -0.4 is 11.1 Å². The smallest absolute Gasteiger partial charge is 0.407 e. The van der Waals surface area contributed by atoms with Gasteiger partial charge in [0, 0.05) is 31.9 Å². The predicted molar refractivity (Wildman–Crippen MR) is 125 cm³/mol. The highest BCUT2D eigenvalue weighted by molar-refractivity contribution is 6.06. The maximum atomic E-state index is 12.0. The average Bonchev–Trinajstić information content (AvgIpc) is 3.07. The number of carbonyl (C=O) groups is 2. The number of rotatable bonds is 7. The fraction of sp³-hybridized carbons (Fsp3) is 0.478. The Balaban J connectivity index is 1.93. The van der Waals surface area contributed by atoms with Crippen molar-refractivity contribution >= 4 is 39.8 Å². The summed E-state index contributed by atoms with van der Waals surface area (Å²) in [7, 11) is 0. The number of aryl methyl sites for hydroxylation is 1. The third-order valence-electron chi connectivity index (χ3n) is 5.08. The van der Waals surface area contributed by atoms with Gasteiger partial charge in [0.15, 0.2) is 5.82 Å². The molecule has 0 aliphatic rings. The van der Waals surface area contributed by atoms with Gasteiger partial charge in [-0.3, -0.25) is 4.79 Å². The normalized spacial score (nSPS) is 11.7. The molecule has 32 heavy (non-hydrogen) atoms. The van der Waals surface area contributed by atoms with E-state index in [1.807, 2.05) is 52.0 Å². The van der Waals surface area contributed by atoms with Crippen LogP contribution in [-0.4, -0.2) is 50.1 Å². The number of carbonyl (C=O) groups excluding carboxylic acids is 2. The summed E-state index contributed by atoms with van der Waals surface area (Å²) in [6, 6.07) is 7.78. The second-order valence-corrected chi connectivity index (χ2v) is 8.71. The summed E-state index contributed by atoms with van der Waals surface area (Å²) in [5.41, 5.74) is 8.00. The lowest BCUT2D eigenvalue weighted by atomic mass is 10.2. The largest absolute Gasteiger partial charge is 0.444 e. The van der Waals surface area contributed by atoms with Gasteiger partial charge in [-0.1, -0.05) is 18.2 Å². The van der Waals surface area contributed by atoms with Crippen LogP contribution in [0.25, 0.3) is 21.9 Å². The summed E-state index contributed by atoms with van der Waals surface area (Å²) in [5, 5.41) is 3.74. The van der Waals surface area contributed by atoms with E-state index in [2.05, 4.69) is 14.9 Å². The van der Waals surface area contributed by atoms with E-state index in [0.29, 0.717) is 43.9 Å². The van der Waals surface area contributed by atoms with E-state index >= 15 is 0 Å². The number of nitrogens with zero attached hydrogens (tertiary/aromatic N) is 4. The number of benzene rings is 1. The van der Waals surface area contributed by atoms with Gasteiger partial charge < -0.3 is 25.3 Å². The molecular weight excluding hydrogens is 408 g/mol. The Bertz CT molecular complexity index is 1130. The minimum absolute atomic E-state index is 0.0198. The Morgan fingerprint density at radius 1 is 1.22 bits per heavy atom. The number of nitrogens with two attached hydrogens (primary N) is 1. The van der Waals surface area contributed by atoms with Crippen molar-refractivity contribution in [3.8, 4) is 0 Å². The van der Waals surface area contributed by atoms with Crippen LogP contribution in [0.5, 0.6) is 0 Å². The van der Waals surface area contributed by atoms with Crippen molar-refractivity contribution in [3.63, 3.8) is 0 Å². The van der Waals surface area contributed by atoms with Crippen LogP contribution in [0.1, 0.15) is 46.9 Å². The fourth-order valence-electron chi connectivity index (χ4n) is 3.62. The maximum Gasteiger partial charge on any atom is 0.407 e. The molecule has 0 atom stereocenters. The lowest BCUT2D eigenvalue weighted by molar-refractivity contribution is -0.129. The van der Waals surface area contributed by atoms with Crippen molar-refractivity contribution in [2.75, 3.05) is 18.8 Å². The highest BCUT2D eigenvalue weighted by atomic mass is 16.6. The fourth-order valence-corrected chi connectivity index (χ4v) is 3.62. The summed E-state index contributed by atoms with van der Waals surface area (Å²) >= 11 is 0. The number of pyridine rings is 1. The molecule has 0 spiro atoms. The molecule has 0 bridgehead atoms. The first-order valence-electron chi connectivity index (χ1n) is 10.9. The minimum Gasteiger partial charge on any atom is -0.444 e. The number of fused-ring (bicyclic) bond motifs is 3. The lowest BCUT2D eigenvalue weighted by Gasteiger charge is -2.20. The van der Waals surface area contributed by atoms with Gasteiger partial charge in [0.25, 0.3) is 0 Å². The van der Waals surface area contributed by atoms with Gasteiger partial charge >= 0.3 is 6.09 Å². The topological polar surface area (TPSA) is 115 Å². The number of aromatic nitrogens is 3. The summed E-state index contributed by atoms with van der Waals surface area (Å²) < 4.78 is 7.38. The number of nitrogen functional groups attached to an aromatic ring is 1. The molecule has 3 rings (SSSR count). The zero-order valence-corrected chi connectivity index (χ0v) is 19.4. The van der Waals surface area contributed by atoms with E-state index in [0.717, 1.165) is 22.2 Å². The van der Waals surface area contributed by atoms with Crippen LogP contribution >= 0.6 is 0 Å². The van der Waals surface area contributed by atoms with Crippen LogP contribution in [0.3, 0.4) is 0 Å². The molecule has 1 aromatic carbocycles. The molecule has 0 aliphatic heterocycles. The van der Waals surface area contributed by atoms with Crippen LogP contribution in [0.2, 0.25) is 0 Å². The molecule has 172 valence electrons. The third kappa shape index (κ3) is 5.27. The first-order chi connectivity index (χ1) is 15.1. The van der Waals surface area contributed by atoms with Gasteiger partial charge in [0.2, 0.25) is 5.91 Å². The highest BCUT2D eigenvalue weighted by Crippen LogP contribution is 2.29. The van der Waals surface area contributed by atoms with Crippen molar-refractivity contribution in [1.29, 1.82) is 0 Å². The molecule has 3 aromatic rings. The number of alkyl carbamates (subject to hydrolysis) is 1. The quantitative estimate of drug-likeness (QED) is 0.544. The molecule has 0 fully saturated rings. The average molecular weight is 441 g/mol. The molecule has 0 aliphatic carbocycles. The molecule has 9 nitrogen and oxygen atoms in total. The molecule has 2 heterocycles. The standard InChI is InChI=1S/C23H32N6O3/c1-6-28(15(2)30)14-18-27-19-20(16-10-7-8-11-17(16)26-21(19)24)29(18)13-9-12-25-22(31)32-23(3,4)5/h7-8,10-11H,6,9,12-14H2,1-5H3,(H2,24,26)(H,25,31). The predicted octanol–water partition coefficient (Wildman–Crippen LogP) is 3.45. The van der Waals surface area contributed by atoms with Gasteiger partial charge in [-0.2, -0.15) is 0 Å². The van der Waals surface area contributed by atoms with E-state index in [9.17, 15) is 9.59 Å².